The van der Waals surface area contributed by atoms with Crippen LogP contribution in [0.2, 0.25) is 0 Å². The summed E-state index contributed by atoms with van der Waals surface area (Å²) in [5, 5.41) is 11.7. The van der Waals surface area contributed by atoms with Crippen LogP contribution in [-0.2, 0) is 0 Å². The molecule has 1 aromatic rings. The van der Waals surface area contributed by atoms with Crippen LogP contribution in [0.3, 0.4) is 0 Å². The summed E-state index contributed by atoms with van der Waals surface area (Å²) in [4.78, 5) is 11.9. The van der Waals surface area contributed by atoms with E-state index in [0.717, 1.165) is 6.42 Å². The molecular weight excluding hydrogens is 212 g/mol. The smallest absolute Gasteiger partial charge is 0.251 e. The molecule has 0 saturated heterocycles. The van der Waals surface area contributed by atoms with Gasteiger partial charge in [-0.25, -0.2) is 0 Å². The maximum atomic E-state index is 11.9. The number of rotatable bonds is 4. The molecule has 3 heteroatoms. The lowest BCUT2D eigenvalue weighted by Gasteiger charge is -2.15. The largest absolute Gasteiger partial charge is 0.350 e. The molecule has 1 amide bonds. The zero-order chi connectivity index (χ0) is 12.8. The van der Waals surface area contributed by atoms with Gasteiger partial charge < -0.3 is 5.32 Å². The van der Waals surface area contributed by atoms with Crippen molar-refractivity contribution < 1.29 is 4.79 Å². The van der Waals surface area contributed by atoms with Crippen LogP contribution in [0.25, 0.3) is 0 Å². The summed E-state index contributed by atoms with van der Waals surface area (Å²) < 4.78 is 0. The van der Waals surface area contributed by atoms with Crippen molar-refractivity contribution >= 4 is 5.91 Å². The highest BCUT2D eigenvalue weighted by atomic mass is 16.1. The molecule has 3 nitrogen and oxygen atoms in total. The number of nitriles is 1. The number of carbonyl (C=O) groups is 1. The highest BCUT2D eigenvalue weighted by Gasteiger charge is 2.11. The van der Waals surface area contributed by atoms with Crippen molar-refractivity contribution in [2.24, 2.45) is 5.92 Å². The zero-order valence-electron chi connectivity index (χ0n) is 10.5. The summed E-state index contributed by atoms with van der Waals surface area (Å²) in [5.41, 5.74) is 1.05. The SMILES string of the molecule is CC(C)CC(C)NC(=O)c1cccc(C#N)c1. The first-order chi connectivity index (χ1) is 8.02. The molecule has 1 rings (SSSR count). The summed E-state index contributed by atoms with van der Waals surface area (Å²) in [6.07, 6.45) is 0.948. The lowest BCUT2D eigenvalue weighted by molar-refractivity contribution is 0.0936. The molecule has 0 spiro atoms. The molecule has 1 unspecified atom stereocenters. The van der Waals surface area contributed by atoms with Gasteiger partial charge >= 0.3 is 0 Å². The third kappa shape index (κ3) is 4.28. The quantitative estimate of drug-likeness (QED) is 0.864. The standard InChI is InChI=1S/C14H18N2O/c1-10(2)7-11(3)16-14(17)13-6-4-5-12(8-13)9-15/h4-6,8,10-11H,7H2,1-3H3,(H,16,17). The molecule has 0 radical (unpaired) electrons. The van der Waals surface area contributed by atoms with Crippen LogP contribution in [0.1, 0.15) is 43.1 Å². The molecule has 17 heavy (non-hydrogen) atoms. The lowest BCUT2D eigenvalue weighted by Crippen LogP contribution is -2.33. The zero-order valence-corrected chi connectivity index (χ0v) is 10.5. The Balaban J connectivity index is 2.67. The Labute approximate surface area is 102 Å². The molecule has 0 aliphatic rings. The monoisotopic (exact) mass is 230 g/mol. The van der Waals surface area contributed by atoms with Gasteiger partial charge in [-0.15, -0.1) is 0 Å². The van der Waals surface area contributed by atoms with Crippen LogP contribution in [0.4, 0.5) is 0 Å². The fraction of sp³-hybridized carbons (Fsp3) is 0.429. The number of benzene rings is 1. The lowest BCUT2D eigenvalue weighted by atomic mass is 10.0. The van der Waals surface area contributed by atoms with Gasteiger partial charge in [-0.2, -0.15) is 5.26 Å². The van der Waals surface area contributed by atoms with Crippen LogP contribution < -0.4 is 5.32 Å². The van der Waals surface area contributed by atoms with Crippen molar-refractivity contribution in [2.45, 2.75) is 33.2 Å². The predicted octanol–water partition coefficient (Wildman–Crippen LogP) is 2.72. The van der Waals surface area contributed by atoms with Crippen LogP contribution in [0, 0.1) is 17.2 Å². The van der Waals surface area contributed by atoms with Crippen LogP contribution in [0.15, 0.2) is 24.3 Å². The van der Waals surface area contributed by atoms with Gasteiger partial charge in [0.2, 0.25) is 0 Å². The van der Waals surface area contributed by atoms with E-state index in [2.05, 4.69) is 19.2 Å². The van der Waals surface area contributed by atoms with E-state index in [4.69, 9.17) is 5.26 Å². The Kier molecular flexibility index (Phi) is 4.71. The van der Waals surface area contributed by atoms with Crippen molar-refractivity contribution in [1.82, 2.24) is 5.32 Å². The molecule has 0 aliphatic heterocycles. The number of nitrogens with zero attached hydrogens (tertiary/aromatic N) is 1. The number of hydrogen-bond donors (Lipinski definition) is 1. The van der Waals surface area contributed by atoms with Crippen LogP contribution >= 0.6 is 0 Å². The van der Waals surface area contributed by atoms with Gasteiger partial charge in [0.15, 0.2) is 0 Å². The van der Waals surface area contributed by atoms with E-state index in [1.807, 2.05) is 13.0 Å². The minimum absolute atomic E-state index is 0.116. The average Bonchev–Trinajstić information content (AvgIpc) is 2.27. The van der Waals surface area contributed by atoms with E-state index >= 15 is 0 Å². The van der Waals surface area contributed by atoms with E-state index in [9.17, 15) is 4.79 Å². The van der Waals surface area contributed by atoms with Crippen LogP contribution in [0.5, 0.6) is 0 Å². The number of carbonyl (C=O) groups excluding carboxylic acids is 1. The Morgan fingerprint density at radius 3 is 2.71 bits per heavy atom. The maximum Gasteiger partial charge on any atom is 0.251 e. The van der Waals surface area contributed by atoms with E-state index in [1.54, 1.807) is 24.3 Å². The molecule has 0 saturated carbocycles. The first kappa shape index (κ1) is 13.2. The van der Waals surface area contributed by atoms with Crippen molar-refractivity contribution in [3.63, 3.8) is 0 Å². The second-order valence-corrected chi connectivity index (χ2v) is 4.70. The molecule has 90 valence electrons. The third-order valence-electron chi connectivity index (χ3n) is 2.46. The molecule has 1 aromatic carbocycles. The average molecular weight is 230 g/mol. The van der Waals surface area contributed by atoms with Gasteiger partial charge in [-0.3, -0.25) is 4.79 Å². The van der Waals surface area contributed by atoms with Crippen molar-refractivity contribution in [3.8, 4) is 6.07 Å². The number of nitrogens with one attached hydrogen (secondary N) is 1. The molecule has 1 N–H and O–H groups in total. The van der Waals surface area contributed by atoms with Gasteiger partial charge in [-0.05, 0) is 37.5 Å². The normalized spacial score (nSPS) is 11.9. The van der Waals surface area contributed by atoms with Gasteiger partial charge in [0.1, 0.15) is 0 Å². The fourth-order valence-corrected chi connectivity index (χ4v) is 1.80. The Morgan fingerprint density at radius 2 is 2.12 bits per heavy atom. The second-order valence-electron chi connectivity index (χ2n) is 4.70. The highest BCUT2D eigenvalue weighted by molar-refractivity contribution is 5.94. The molecule has 0 aromatic heterocycles. The third-order valence-corrected chi connectivity index (χ3v) is 2.46. The molecule has 1 atom stereocenters. The first-order valence-electron chi connectivity index (χ1n) is 5.84. The van der Waals surface area contributed by atoms with Crippen LogP contribution in [-0.4, -0.2) is 11.9 Å². The van der Waals surface area contributed by atoms with Gasteiger partial charge in [0.05, 0.1) is 11.6 Å². The maximum absolute atomic E-state index is 11.9. The summed E-state index contributed by atoms with van der Waals surface area (Å²) in [6.45, 7) is 6.24. The Morgan fingerprint density at radius 1 is 1.41 bits per heavy atom. The van der Waals surface area contributed by atoms with E-state index in [0.29, 0.717) is 17.0 Å². The van der Waals surface area contributed by atoms with Gasteiger partial charge in [-0.1, -0.05) is 19.9 Å². The Hall–Kier alpha value is -1.82. The van der Waals surface area contributed by atoms with E-state index < -0.39 is 0 Å². The van der Waals surface area contributed by atoms with Crippen molar-refractivity contribution in [2.75, 3.05) is 0 Å². The van der Waals surface area contributed by atoms with Gasteiger partial charge in [0.25, 0.3) is 5.91 Å². The summed E-state index contributed by atoms with van der Waals surface area (Å²) in [5.74, 6) is 0.436. The summed E-state index contributed by atoms with van der Waals surface area (Å²) in [7, 11) is 0. The molecular formula is C14H18N2O. The topological polar surface area (TPSA) is 52.9 Å². The fourth-order valence-electron chi connectivity index (χ4n) is 1.80. The number of amides is 1. The van der Waals surface area contributed by atoms with E-state index in [1.165, 1.54) is 0 Å². The minimum Gasteiger partial charge on any atom is -0.350 e. The molecule has 0 heterocycles. The van der Waals surface area contributed by atoms with E-state index in [-0.39, 0.29) is 11.9 Å². The minimum atomic E-state index is -0.116. The number of hydrogen-bond acceptors (Lipinski definition) is 2. The molecule has 0 aliphatic carbocycles. The summed E-state index contributed by atoms with van der Waals surface area (Å²) in [6, 6.07) is 8.91. The summed E-state index contributed by atoms with van der Waals surface area (Å²) >= 11 is 0. The highest BCUT2D eigenvalue weighted by Crippen LogP contribution is 2.07. The first-order valence-corrected chi connectivity index (χ1v) is 5.84. The second kappa shape index (κ2) is 6.05. The van der Waals surface area contributed by atoms with Gasteiger partial charge in [0, 0.05) is 11.6 Å². The van der Waals surface area contributed by atoms with Crippen molar-refractivity contribution in [3.05, 3.63) is 35.4 Å². The predicted molar refractivity (Wildman–Crippen MR) is 67.5 cm³/mol. The molecule has 0 bridgehead atoms. The molecule has 0 fully saturated rings. The van der Waals surface area contributed by atoms with Crippen molar-refractivity contribution in [1.29, 1.82) is 5.26 Å². The Bertz CT molecular complexity index is 432.